The van der Waals surface area contributed by atoms with E-state index in [1.807, 2.05) is 18.3 Å². The molecule has 168 valence electrons. The summed E-state index contributed by atoms with van der Waals surface area (Å²) in [4.78, 5) is 9.21. The summed E-state index contributed by atoms with van der Waals surface area (Å²) in [5, 5.41) is 4.37. The summed E-state index contributed by atoms with van der Waals surface area (Å²) < 4.78 is 2.37. The van der Waals surface area contributed by atoms with Crippen molar-refractivity contribution in [3.05, 3.63) is 82.4 Å². The number of nitrogens with one attached hydrogen (secondary N) is 1. The van der Waals surface area contributed by atoms with Crippen molar-refractivity contribution in [3.63, 3.8) is 0 Å². The maximum absolute atomic E-state index is 5.82. The highest BCUT2D eigenvalue weighted by molar-refractivity contribution is 7.80. The smallest absolute Gasteiger partial charge is 0.170 e. The number of hydrogen-bond donors (Lipinski definition) is 1. The predicted molar refractivity (Wildman–Crippen MR) is 135 cm³/mol. The van der Waals surface area contributed by atoms with Crippen LogP contribution in [0.15, 0.2) is 48.7 Å². The second kappa shape index (κ2) is 9.04. The lowest BCUT2D eigenvalue weighted by Gasteiger charge is -2.29. The third kappa shape index (κ3) is 4.30. The van der Waals surface area contributed by atoms with E-state index in [0.29, 0.717) is 0 Å². The molecule has 0 bridgehead atoms. The van der Waals surface area contributed by atoms with Gasteiger partial charge in [0.05, 0.1) is 17.8 Å². The molecule has 5 nitrogen and oxygen atoms in total. The van der Waals surface area contributed by atoms with Crippen molar-refractivity contribution in [2.45, 2.75) is 39.8 Å². The highest BCUT2D eigenvalue weighted by Crippen LogP contribution is 2.41. The van der Waals surface area contributed by atoms with Crippen LogP contribution >= 0.6 is 12.2 Å². The first-order chi connectivity index (χ1) is 15.3. The SMILES string of the molecule is Cc1cc(C)cc(-n2c(C)cc([C@@H]3[C@@H](c4ccccn4)NC(=S)N3CCN(C)C)c2C)c1. The van der Waals surface area contributed by atoms with E-state index in [0.717, 1.165) is 23.9 Å². The Hall–Kier alpha value is -2.70. The Morgan fingerprint density at radius 3 is 2.38 bits per heavy atom. The molecule has 1 fully saturated rings. The zero-order chi connectivity index (χ0) is 23.0. The first-order valence-electron chi connectivity index (χ1n) is 11.2. The monoisotopic (exact) mass is 447 g/mol. The number of benzene rings is 1. The highest BCUT2D eigenvalue weighted by Gasteiger charge is 2.41. The molecular weight excluding hydrogens is 414 g/mol. The van der Waals surface area contributed by atoms with Gasteiger partial charge in [-0.2, -0.15) is 0 Å². The van der Waals surface area contributed by atoms with E-state index < -0.39 is 0 Å². The Morgan fingerprint density at radius 1 is 1.03 bits per heavy atom. The summed E-state index contributed by atoms with van der Waals surface area (Å²) in [5.41, 5.74) is 8.55. The number of rotatable bonds is 6. The lowest BCUT2D eigenvalue weighted by molar-refractivity contribution is 0.277. The van der Waals surface area contributed by atoms with E-state index in [2.05, 4.69) is 96.8 Å². The molecule has 6 heteroatoms. The molecule has 2 atom stereocenters. The van der Waals surface area contributed by atoms with E-state index in [1.54, 1.807) is 0 Å². The summed E-state index contributed by atoms with van der Waals surface area (Å²) >= 11 is 5.82. The molecule has 1 aliphatic heterocycles. The van der Waals surface area contributed by atoms with Crippen LogP contribution in [0.2, 0.25) is 0 Å². The maximum atomic E-state index is 5.82. The van der Waals surface area contributed by atoms with E-state index in [1.165, 1.54) is 33.8 Å². The standard InChI is InChI=1S/C26H33N5S/c1-17-13-18(2)15-21(14-17)31-19(3)16-22(20(31)4)25-24(23-9-7-8-10-27-23)28-26(32)30(25)12-11-29(5)6/h7-10,13-16,24-25H,11-12H2,1-6H3,(H,28,32)/t24-,25-/m1/s1. The predicted octanol–water partition coefficient (Wildman–Crippen LogP) is 4.64. The summed E-state index contributed by atoms with van der Waals surface area (Å²) in [5.74, 6) is 0. The van der Waals surface area contributed by atoms with Gasteiger partial charge in [0.2, 0.25) is 0 Å². The minimum Gasteiger partial charge on any atom is -0.352 e. The maximum Gasteiger partial charge on any atom is 0.170 e. The van der Waals surface area contributed by atoms with Crippen LogP contribution < -0.4 is 5.32 Å². The Bertz CT molecular complexity index is 1100. The van der Waals surface area contributed by atoms with Crippen LogP contribution in [0, 0.1) is 27.7 Å². The van der Waals surface area contributed by atoms with Crippen LogP contribution in [0.3, 0.4) is 0 Å². The van der Waals surface area contributed by atoms with E-state index in [4.69, 9.17) is 12.2 Å². The molecule has 0 saturated carbocycles. The van der Waals surface area contributed by atoms with Gasteiger partial charge < -0.3 is 19.7 Å². The summed E-state index contributed by atoms with van der Waals surface area (Å²) in [7, 11) is 4.20. The number of aryl methyl sites for hydroxylation is 3. The lowest BCUT2D eigenvalue weighted by atomic mass is 9.96. The van der Waals surface area contributed by atoms with Gasteiger partial charge in [0.15, 0.2) is 5.11 Å². The minimum atomic E-state index is 0.0130. The quantitative estimate of drug-likeness (QED) is 0.557. The van der Waals surface area contributed by atoms with Crippen LogP contribution in [-0.4, -0.2) is 51.6 Å². The molecule has 1 aliphatic rings. The van der Waals surface area contributed by atoms with Gasteiger partial charge in [-0.05, 0) is 101 Å². The van der Waals surface area contributed by atoms with Crippen molar-refractivity contribution in [3.8, 4) is 5.69 Å². The highest BCUT2D eigenvalue weighted by atomic mass is 32.1. The molecule has 0 unspecified atom stereocenters. The zero-order valence-corrected chi connectivity index (χ0v) is 20.7. The average Bonchev–Trinajstić information content (AvgIpc) is 3.21. The van der Waals surface area contributed by atoms with Gasteiger partial charge in [0.1, 0.15) is 0 Å². The molecule has 3 aromatic rings. The Morgan fingerprint density at radius 2 is 1.75 bits per heavy atom. The topological polar surface area (TPSA) is 36.3 Å². The molecule has 1 N–H and O–H groups in total. The number of thiocarbonyl (C=S) groups is 1. The summed E-state index contributed by atoms with van der Waals surface area (Å²) in [6.45, 7) is 10.5. The van der Waals surface area contributed by atoms with Crippen LogP contribution in [-0.2, 0) is 0 Å². The molecule has 0 radical (unpaired) electrons. The van der Waals surface area contributed by atoms with Crippen molar-refractivity contribution < 1.29 is 0 Å². The molecule has 2 aromatic heterocycles. The van der Waals surface area contributed by atoms with E-state index in [9.17, 15) is 0 Å². The molecule has 0 spiro atoms. The van der Waals surface area contributed by atoms with Gasteiger partial charge in [-0.15, -0.1) is 0 Å². The Kier molecular flexibility index (Phi) is 6.35. The fourth-order valence-electron chi connectivity index (χ4n) is 4.86. The third-order valence-electron chi connectivity index (χ3n) is 6.24. The normalized spacial score (nSPS) is 18.5. The molecule has 0 amide bonds. The van der Waals surface area contributed by atoms with Gasteiger partial charge in [-0.1, -0.05) is 12.1 Å². The van der Waals surface area contributed by atoms with Gasteiger partial charge in [-0.25, -0.2) is 0 Å². The van der Waals surface area contributed by atoms with Crippen molar-refractivity contribution in [2.75, 3.05) is 27.2 Å². The Labute approximate surface area is 197 Å². The van der Waals surface area contributed by atoms with Crippen molar-refractivity contribution in [1.29, 1.82) is 0 Å². The number of likely N-dealkylation sites (N-methyl/N-ethyl adjacent to an activating group) is 1. The first kappa shape index (κ1) is 22.5. The summed E-state index contributed by atoms with van der Waals surface area (Å²) in [6, 6.07) is 15.3. The Balaban J connectivity index is 1.82. The van der Waals surface area contributed by atoms with Gasteiger partial charge in [0.25, 0.3) is 0 Å². The number of pyridine rings is 1. The second-order valence-corrected chi connectivity index (χ2v) is 9.52. The fourth-order valence-corrected chi connectivity index (χ4v) is 5.19. The number of hydrogen-bond acceptors (Lipinski definition) is 3. The van der Waals surface area contributed by atoms with Crippen LogP contribution in [0.4, 0.5) is 0 Å². The molecule has 1 aromatic carbocycles. The molecular formula is C26H33N5S. The van der Waals surface area contributed by atoms with E-state index >= 15 is 0 Å². The zero-order valence-electron chi connectivity index (χ0n) is 19.9. The van der Waals surface area contributed by atoms with Crippen molar-refractivity contribution in [1.82, 2.24) is 24.7 Å². The molecule has 3 heterocycles. The average molecular weight is 448 g/mol. The second-order valence-electron chi connectivity index (χ2n) is 9.13. The van der Waals surface area contributed by atoms with Crippen molar-refractivity contribution in [2.24, 2.45) is 0 Å². The van der Waals surface area contributed by atoms with Crippen LogP contribution in [0.25, 0.3) is 5.69 Å². The van der Waals surface area contributed by atoms with Gasteiger partial charge in [-0.3, -0.25) is 4.98 Å². The van der Waals surface area contributed by atoms with Crippen LogP contribution in [0.1, 0.15) is 45.9 Å². The van der Waals surface area contributed by atoms with Crippen molar-refractivity contribution >= 4 is 17.3 Å². The number of aromatic nitrogens is 2. The summed E-state index contributed by atoms with van der Waals surface area (Å²) in [6.07, 6.45) is 1.86. The molecule has 0 aliphatic carbocycles. The lowest BCUT2D eigenvalue weighted by Crippen LogP contribution is -2.35. The molecule has 32 heavy (non-hydrogen) atoms. The van der Waals surface area contributed by atoms with Crippen LogP contribution in [0.5, 0.6) is 0 Å². The minimum absolute atomic E-state index is 0.0130. The largest absolute Gasteiger partial charge is 0.352 e. The fraction of sp³-hybridized carbons (Fsp3) is 0.385. The van der Waals surface area contributed by atoms with Gasteiger partial charge in [0, 0.05) is 36.4 Å². The number of nitrogens with zero attached hydrogens (tertiary/aromatic N) is 4. The third-order valence-corrected chi connectivity index (χ3v) is 6.59. The molecule has 4 rings (SSSR count). The first-order valence-corrected chi connectivity index (χ1v) is 11.6. The van der Waals surface area contributed by atoms with E-state index in [-0.39, 0.29) is 12.1 Å². The van der Waals surface area contributed by atoms with Gasteiger partial charge >= 0.3 is 0 Å². The molecule has 1 saturated heterocycles.